The van der Waals surface area contributed by atoms with Gasteiger partial charge in [0.25, 0.3) is 0 Å². The highest BCUT2D eigenvalue weighted by Crippen LogP contribution is 2.25. The Morgan fingerprint density at radius 2 is 1.75 bits per heavy atom. The summed E-state index contributed by atoms with van der Waals surface area (Å²) >= 11 is 0. The Morgan fingerprint density at radius 3 is 2.30 bits per heavy atom. The van der Waals surface area contributed by atoms with E-state index in [1.807, 2.05) is 0 Å². The lowest BCUT2D eigenvalue weighted by Gasteiger charge is -2.38. The van der Waals surface area contributed by atoms with Crippen molar-refractivity contribution < 1.29 is 0 Å². The molecule has 1 N–H and O–H groups in total. The Kier molecular flexibility index (Phi) is 4.27. The van der Waals surface area contributed by atoms with Crippen LogP contribution in [0.25, 0.3) is 0 Å². The Labute approximate surface area is 123 Å². The molecular formula is C17H27N3. The molecule has 3 nitrogen and oxygen atoms in total. The maximum Gasteiger partial charge on any atom is 0.0367 e. The SMILES string of the molecule is CC(C)N1CCN(c2ccc(C3CCCN3)cc2)CC1. The molecule has 20 heavy (non-hydrogen) atoms. The van der Waals surface area contributed by atoms with Crippen molar-refractivity contribution in [3.8, 4) is 0 Å². The monoisotopic (exact) mass is 273 g/mol. The van der Waals surface area contributed by atoms with E-state index in [4.69, 9.17) is 0 Å². The van der Waals surface area contributed by atoms with Crippen LogP contribution < -0.4 is 10.2 Å². The molecule has 0 spiro atoms. The van der Waals surface area contributed by atoms with Gasteiger partial charge in [0.1, 0.15) is 0 Å². The molecule has 3 heteroatoms. The van der Waals surface area contributed by atoms with Gasteiger partial charge in [-0.05, 0) is 50.9 Å². The summed E-state index contributed by atoms with van der Waals surface area (Å²) in [6.07, 6.45) is 2.59. The summed E-state index contributed by atoms with van der Waals surface area (Å²) in [5.74, 6) is 0. The van der Waals surface area contributed by atoms with Crippen molar-refractivity contribution in [1.29, 1.82) is 0 Å². The van der Waals surface area contributed by atoms with Crippen LogP contribution in [0.5, 0.6) is 0 Å². The molecule has 0 aliphatic carbocycles. The molecular weight excluding hydrogens is 246 g/mol. The molecule has 2 fully saturated rings. The van der Waals surface area contributed by atoms with Gasteiger partial charge in [-0.25, -0.2) is 0 Å². The number of rotatable bonds is 3. The third kappa shape index (κ3) is 2.99. The average Bonchev–Trinajstić information content (AvgIpc) is 3.02. The second-order valence-corrected chi connectivity index (χ2v) is 6.36. The van der Waals surface area contributed by atoms with Crippen molar-refractivity contribution in [3.63, 3.8) is 0 Å². The number of hydrogen-bond donors (Lipinski definition) is 1. The normalized spacial score (nSPS) is 24.6. The van der Waals surface area contributed by atoms with Crippen molar-refractivity contribution in [1.82, 2.24) is 10.2 Å². The Hall–Kier alpha value is -1.06. The van der Waals surface area contributed by atoms with Crippen LogP contribution in [0, 0.1) is 0 Å². The summed E-state index contributed by atoms with van der Waals surface area (Å²) in [4.78, 5) is 5.08. The van der Waals surface area contributed by atoms with Gasteiger partial charge in [-0.2, -0.15) is 0 Å². The summed E-state index contributed by atoms with van der Waals surface area (Å²) < 4.78 is 0. The number of anilines is 1. The zero-order chi connectivity index (χ0) is 13.9. The molecule has 2 saturated heterocycles. The van der Waals surface area contributed by atoms with Crippen molar-refractivity contribution in [3.05, 3.63) is 29.8 Å². The number of nitrogens with zero attached hydrogens (tertiary/aromatic N) is 2. The smallest absolute Gasteiger partial charge is 0.0367 e. The Bertz CT molecular complexity index is 412. The highest BCUT2D eigenvalue weighted by Gasteiger charge is 2.20. The summed E-state index contributed by atoms with van der Waals surface area (Å²) in [6.45, 7) is 10.4. The standard InChI is InChI=1S/C17H27N3/c1-14(2)19-10-12-20(13-11-19)16-7-5-15(6-8-16)17-4-3-9-18-17/h5-8,14,17-18H,3-4,9-13H2,1-2H3. The average molecular weight is 273 g/mol. The molecule has 0 bridgehead atoms. The van der Waals surface area contributed by atoms with Crippen LogP contribution >= 0.6 is 0 Å². The predicted octanol–water partition coefficient (Wildman–Crippen LogP) is 2.64. The largest absolute Gasteiger partial charge is 0.369 e. The fraction of sp³-hybridized carbons (Fsp3) is 0.647. The van der Waals surface area contributed by atoms with Gasteiger partial charge in [0.2, 0.25) is 0 Å². The van der Waals surface area contributed by atoms with E-state index in [-0.39, 0.29) is 0 Å². The third-order valence-corrected chi connectivity index (χ3v) is 4.77. The maximum atomic E-state index is 3.57. The van der Waals surface area contributed by atoms with Crippen LogP contribution in [0.15, 0.2) is 24.3 Å². The first kappa shape index (κ1) is 13.9. The maximum absolute atomic E-state index is 3.57. The second kappa shape index (κ2) is 6.15. The van der Waals surface area contributed by atoms with Gasteiger partial charge in [-0.15, -0.1) is 0 Å². The van der Waals surface area contributed by atoms with Gasteiger partial charge in [-0.3, -0.25) is 4.90 Å². The quantitative estimate of drug-likeness (QED) is 0.913. The van der Waals surface area contributed by atoms with Crippen molar-refractivity contribution in [2.45, 2.75) is 38.8 Å². The van der Waals surface area contributed by atoms with E-state index < -0.39 is 0 Å². The van der Waals surface area contributed by atoms with Crippen molar-refractivity contribution in [2.75, 3.05) is 37.6 Å². The molecule has 2 heterocycles. The van der Waals surface area contributed by atoms with Gasteiger partial charge in [-0.1, -0.05) is 12.1 Å². The van der Waals surface area contributed by atoms with E-state index >= 15 is 0 Å². The molecule has 0 amide bonds. The summed E-state index contributed by atoms with van der Waals surface area (Å²) in [7, 11) is 0. The first-order valence-electron chi connectivity index (χ1n) is 8.06. The zero-order valence-electron chi connectivity index (χ0n) is 12.8. The minimum atomic E-state index is 0.585. The first-order valence-corrected chi connectivity index (χ1v) is 8.06. The number of piperazine rings is 1. The Balaban J connectivity index is 1.60. The molecule has 1 unspecified atom stereocenters. The van der Waals surface area contributed by atoms with Gasteiger partial charge in [0, 0.05) is 44.0 Å². The zero-order valence-corrected chi connectivity index (χ0v) is 12.8. The fourth-order valence-electron chi connectivity index (χ4n) is 3.38. The topological polar surface area (TPSA) is 18.5 Å². The van der Waals surface area contributed by atoms with Crippen LogP contribution in [0.1, 0.15) is 38.3 Å². The predicted molar refractivity (Wildman–Crippen MR) is 85.3 cm³/mol. The van der Waals surface area contributed by atoms with E-state index in [0.717, 1.165) is 13.1 Å². The van der Waals surface area contributed by atoms with E-state index in [2.05, 4.69) is 53.2 Å². The molecule has 1 aromatic carbocycles. The first-order chi connectivity index (χ1) is 9.74. The van der Waals surface area contributed by atoms with Gasteiger partial charge in [0.05, 0.1) is 0 Å². The molecule has 110 valence electrons. The highest BCUT2D eigenvalue weighted by molar-refractivity contribution is 5.48. The number of hydrogen-bond acceptors (Lipinski definition) is 3. The van der Waals surface area contributed by atoms with E-state index in [9.17, 15) is 0 Å². The van der Waals surface area contributed by atoms with Gasteiger partial charge >= 0.3 is 0 Å². The van der Waals surface area contributed by atoms with Crippen LogP contribution in [-0.2, 0) is 0 Å². The second-order valence-electron chi connectivity index (χ2n) is 6.36. The van der Waals surface area contributed by atoms with E-state index in [0.29, 0.717) is 12.1 Å². The van der Waals surface area contributed by atoms with Crippen LogP contribution in [0.2, 0.25) is 0 Å². The Morgan fingerprint density at radius 1 is 1.05 bits per heavy atom. The molecule has 2 aliphatic heterocycles. The lowest BCUT2D eigenvalue weighted by atomic mass is 10.0. The summed E-state index contributed by atoms with van der Waals surface area (Å²) in [5, 5.41) is 3.57. The summed E-state index contributed by atoms with van der Waals surface area (Å²) in [6, 6.07) is 10.5. The minimum absolute atomic E-state index is 0.585. The number of benzene rings is 1. The van der Waals surface area contributed by atoms with E-state index in [1.165, 1.54) is 43.7 Å². The van der Waals surface area contributed by atoms with Crippen molar-refractivity contribution in [2.24, 2.45) is 0 Å². The van der Waals surface area contributed by atoms with Crippen molar-refractivity contribution >= 4 is 5.69 Å². The van der Waals surface area contributed by atoms with Gasteiger partial charge in [0.15, 0.2) is 0 Å². The third-order valence-electron chi connectivity index (χ3n) is 4.77. The molecule has 2 aliphatic rings. The van der Waals surface area contributed by atoms with E-state index in [1.54, 1.807) is 0 Å². The molecule has 0 aromatic heterocycles. The fourth-order valence-corrected chi connectivity index (χ4v) is 3.38. The molecule has 0 saturated carbocycles. The minimum Gasteiger partial charge on any atom is -0.369 e. The molecule has 0 radical (unpaired) electrons. The molecule has 1 atom stereocenters. The number of nitrogens with one attached hydrogen (secondary N) is 1. The lowest BCUT2D eigenvalue weighted by Crippen LogP contribution is -2.48. The van der Waals surface area contributed by atoms with Crippen LogP contribution in [0.4, 0.5) is 5.69 Å². The summed E-state index contributed by atoms with van der Waals surface area (Å²) in [5.41, 5.74) is 2.84. The van der Waals surface area contributed by atoms with Crippen LogP contribution in [0.3, 0.4) is 0 Å². The van der Waals surface area contributed by atoms with Crippen LogP contribution in [-0.4, -0.2) is 43.7 Å². The lowest BCUT2D eigenvalue weighted by molar-refractivity contribution is 0.209. The molecule has 1 aromatic rings. The molecule has 3 rings (SSSR count). The highest BCUT2D eigenvalue weighted by atomic mass is 15.3. The van der Waals surface area contributed by atoms with Gasteiger partial charge < -0.3 is 10.2 Å².